The zero-order chi connectivity index (χ0) is 11.6. The number of carbonyl (C=O) groups is 1. The lowest BCUT2D eigenvalue weighted by Gasteiger charge is -2.28. The van der Waals surface area contributed by atoms with Gasteiger partial charge in [-0.25, -0.2) is 9.79 Å². The SMILES string of the molecule is CC(C)(C)OC(=O)N1C=C(Br)N=C[C@@H]1N. The molecule has 5 nitrogen and oxygen atoms in total. The molecule has 0 saturated heterocycles. The Bertz CT molecular complexity index is 320. The molecule has 1 rings (SSSR count). The first-order valence-electron chi connectivity index (χ1n) is 4.48. The highest BCUT2D eigenvalue weighted by atomic mass is 79.9. The molecule has 0 fully saturated rings. The summed E-state index contributed by atoms with van der Waals surface area (Å²) in [6.07, 6.45) is 1.89. The Balaban J connectivity index is 2.72. The van der Waals surface area contributed by atoms with Crippen molar-refractivity contribution in [1.29, 1.82) is 0 Å². The zero-order valence-electron chi connectivity index (χ0n) is 8.90. The fourth-order valence-electron chi connectivity index (χ4n) is 0.943. The Morgan fingerprint density at radius 3 is 2.80 bits per heavy atom. The van der Waals surface area contributed by atoms with Gasteiger partial charge in [-0.1, -0.05) is 0 Å². The molecule has 6 heteroatoms. The van der Waals surface area contributed by atoms with E-state index in [9.17, 15) is 4.79 Å². The van der Waals surface area contributed by atoms with Gasteiger partial charge in [0.2, 0.25) is 0 Å². The molecule has 0 aromatic carbocycles. The summed E-state index contributed by atoms with van der Waals surface area (Å²) < 4.78 is 5.71. The van der Waals surface area contributed by atoms with Gasteiger partial charge in [0.15, 0.2) is 0 Å². The smallest absolute Gasteiger partial charge is 0.416 e. The molecule has 0 unspecified atom stereocenters. The van der Waals surface area contributed by atoms with E-state index in [1.807, 2.05) is 0 Å². The number of aliphatic imine (C=N–C) groups is 1. The fraction of sp³-hybridized carbons (Fsp3) is 0.556. The summed E-state index contributed by atoms with van der Waals surface area (Å²) in [5.74, 6) is 0. The molecule has 0 radical (unpaired) electrons. The van der Waals surface area contributed by atoms with Crippen molar-refractivity contribution in [3.63, 3.8) is 0 Å². The van der Waals surface area contributed by atoms with Gasteiger partial charge in [-0.05, 0) is 36.7 Å². The van der Waals surface area contributed by atoms with Crippen molar-refractivity contribution in [3.8, 4) is 0 Å². The van der Waals surface area contributed by atoms with E-state index in [1.54, 1.807) is 20.8 Å². The van der Waals surface area contributed by atoms with E-state index in [1.165, 1.54) is 17.3 Å². The Morgan fingerprint density at radius 1 is 1.67 bits per heavy atom. The highest BCUT2D eigenvalue weighted by Crippen LogP contribution is 2.17. The molecule has 84 valence electrons. The van der Waals surface area contributed by atoms with Crippen LogP contribution in [0.4, 0.5) is 4.79 Å². The summed E-state index contributed by atoms with van der Waals surface area (Å²) in [5.41, 5.74) is 5.14. The van der Waals surface area contributed by atoms with E-state index in [-0.39, 0.29) is 0 Å². The van der Waals surface area contributed by atoms with Crippen LogP contribution >= 0.6 is 15.9 Å². The number of carbonyl (C=O) groups excluding carboxylic acids is 1. The quantitative estimate of drug-likeness (QED) is 0.686. The average molecular weight is 276 g/mol. The summed E-state index contributed by atoms with van der Waals surface area (Å²) in [4.78, 5) is 16.9. The van der Waals surface area contributed by atoms with E-state index >= 15 is 0 Å². The van der Waals surface area contributed by atoms with Crippen LogP contribution in [-0.4, -0.2) is 29.0 Å². The number of hydrogen-bond donors (Lipinski definition) is 1. The minimum absolute atomic E-state index is 0.488. The van der Waals surface area contributed by atoms with Crippen LogP contribution in [0, 0.1) is 0 Å². The Hall–Kier alpha value is -0.880. The number of hydrogen-bond acceptors (Lipinski definition) is 4. The molecule has 1 heterocycles. The lowest BCUT2D eigenvalue weighted by atomic mass is 10.2. The van der Waals surface area contributed by atoms with Gasteiger partial charge in [-0.3, -0.25) is 4.90 Å². The topological polar surface area (TPSA) is 67.9 Å². The average Bonchev–Trinajstić information content (AvgIpc) is 2.06. The van der Waals surface area contributed by atoms with Gasteiger partial charge in [0.25, 0.3) is 0 Å². The number of nitrogens with two attached hydrogens (primary N) is 1. The van der Waals surface area contributed by atoms with Crippen LogP contribution in [-0.2, 0) is 4.74 Å². The van der Waals surface area contributed by atoms with Crippen LogP contribution in [0.15, 0.2) is 15.8 Å². The molecule has 0 spiro atoms. The van der Waals surface area contributed by atoms with E-state index in [2.05, 4.69) is 20.9 Å². The van der Waals surface area contributed by atoms with Gasteiger partial charge in [0.1, 0.15) is 16.4 Å². The third-order valence-corrected chi connectivity index (χ3v) is 1.93. The molecule has 0 aromatic heterocycles. The zero-order valence-corrected chi connectivity index (χ0v) is 10.5. The molecule has 1 amide bonds. The molecule has 1 aliphatic rings. The third kappa shape index (κ3) is 3.64. The first-order valence-corrected chi connectivity index (χ1v) is 5.27. The van der Waals surface area contributed by atoms with Crippen molar-refractivity contribution in [2.75, 3.05) is 0 Å². The number of amides is 1. The largest absolute Gasteiger partial charge is 0.443 e. The molecule has 1 aliphatic heterocycles. The Labute approximate surface area is 97.1 Å². The fourth-order valence-corrected chi connectivity index (χ4v) is 1.28. The van der Waals surface area contributed by atoms with Gasteiger partial charge in [-0.2, -0.15) is 0 Å². The normalized spacial score (nSPS) is 21.3. The van der Waals surface area contributed by atoms with Crippen molar-refractivity contribution >= 4 is 28.2 Å². The first kappa shape index (κ1) is 12.2. The molecular weight excluding hydrogens is 262 g/mol. The predicted octanol–water partition coefficient (Wildman–Crippen LogP) is 1.79. The number of rotatable bonds is 0. The molecule has 2 N–H and O–H groups in total. The van der Waals surface area contributed by atoms with Gasteiger partial charge in [0.05, 0.1) is 0 Å². The number of ether oxygens (including phenoxy) is 1. The molecular formula is C9H14BrN3O2. The standard InChI is InChI=1S/C9H14BrN3O2/c1-9(2,3)15-8(14)13-5-6(10)12-4-7(13)11/h4-5,7H,11H2,1-3H3/t7-/m1/s1. The van der Waals surface area contributed by atoms with E-state index in [0.717, 1.165) is 0 Å². The van der Waals surface area contributed by atoms with Crippen LogP contribution in [0.25, 0.3) is 0 Å². The van der Waals surface area contributed by atoms with Crippen LogP contribution in [0.1, 0.15) is 20.8 Å². The minimum Gasteiger partial charge on any atom is -0.443 e. The van der Waals surface area contributed by atoms with E-state index in [4.69, 9.17) is 10.5 Å². The highest BCUT2D eigenvalue weighted by Gasteiger charge is 2.26. The maximum absolute atomic E-state index is 11.7. The summed E-state index contributed by atoms with van der Waals surface area (Å²) >= 11 is 3.16. The highest BCUT2D eigenvalue weighted by molar-refractivity contribution is 9.11. The van der Waals surface area contributed by atoms with Gasteiger partial charge < -0.3 is 10.5 Å². The molecule has 15 heavy (non-hydrogen) atoms. The van der Waals surface area contributed by atoms with Gasteiger partial charge in [-0.15, -0.1) is 0 Å². The monoisotopic (exact) mass is 275 g/mol. The lowest BCUT2D eigenvalue weighted by Crippen LogP contribution is -2.46. The molecule has 1 atom stereocenters. The van der Waals surface area contributed by atoms with Gasteiger partial charge >= 0.3 is 6.09 Å². The summed E-state index contributed by atoms with van der Waals surface area (Å²) in [5, 5.41) is 0. The molecule has 0 aromatic rings. The third-order valence-electron chi connectivity index (χ3n) is 1.52. The van der Waals surface area contributed by atoms with Crippen molar-refractivity contribution in [2.45, 2.75) is 32.5 Å². The van der Waals surface area contributed by atoms with Crippen LogP contribution in [0.2, 0.25) is 0 Å². The Morgan fingerprint density at radius 2 is 2.27 bits per heavy atom. The first-order chi connectivity index (χ1) is 6.79. The molecule has 0 saturated carbocycles. The van der Waals surface area contributed by atoms with Crippen molar-refractivity contribution in [3.05, 3.63) is 10.8 Å². The number of nitrogens with zero attached hydrogens (tertiary/aromatic N) is 2. The second-order valence-electron chi connectivity index (χ2n) is 4.11. The maximum Gasteiger partial charge on any atom is 0.416 e. The lowest BCUT2D eigenvalue weighted by molar-refractivity contribution is 0.0310. The van der Waals surface area contributed by atoms with E-state index < -0.39 is 17.9 Å². The number of halogens is 1. The molecule has 0 aliphatic carbocycles. The predicted molar refractivity (Wildman–Crippen MR) is 61.6 cm³/mol. The van der Waals surface area contributed by atoms with Crippen molar-refractivity contribution in [2.24, 2.45) is 10.7 Å². The Kier molecular flexibility index (Phi) is 3.51. The summed E-state index contributed by atoms with van der Waals surface area (Å²) in [7, 11) is 0. The van der Waals surface area contributed by atoms with Crippen LogP contribution in [0.3, 0.4) is 0 Å². The van der Waals surface area contributed by atoms with Gasteiger partial charge in [0, 0.05) is 12.4 Å². The second-order valence-corrected chi connectivity index (χ2v) is 4.92. The van der Waals surface area contributed by atoms with Crippen molar-refractivity contribution in [1.82, 2.24) is 4.90 Å². The van der Waals surface area contributed by atoms with Crippen LogP contribution < -0.4 is 5.73 Å². The minimum atomic E-state index is -0.582. The second kappa shape index (κ2) is 4.32. The maximum atomic E-state index is 11.7. The van der Waals surface area contributed by atoms with E-state index in [0.29, 0.717) is 4.61 Å². The van der Waals surface area contributed by atoms with Crippen molar-refractivity contribution < 1.29 is 9.53 Å². The summed E-state index contributed by atoms with van der Waals surface area (Å²) in [6.45, 7) is 5.40. The molecule has 0 bridgehead atoms. The summed E-state index contributed by atoms with van der Waals surface area (Å²) in [6, 6.07) is 0. The van der Waals surface area contributed by atoms with Crippen LogP contribution in [0.5, 0.6) is 0 Å².